The topological polar surface area (TPSA) is 87.2 Å². The van der Waals surface area contributed by atoms with Crippen LogP contribution in [-0.2, 0) is 6.42 Å². The molecule has 0 unspecified atom stereocenters. The first kappa shape index (κ1) is 17.4. The summed E-state index contributed by atoms with van der Waals surface area (Å²) in [6.45, 7) is 0. The summed E-state index contributed by atoms with van der Waals surface area (Å²) in [4.78, 5) is 25.2. The maximum absolute atomic E-state index is 4.33. The van der Waals surface area contributed by atoms with Gasteiger partial charge in [0.2, 0.25) is 0 Å². The molecular weight excluding hydrogens is 388 g/mol. The second-order valence-electron chi connectivity index (χ2n) is 7.20. The molecule has 0 saturated heterocycles. The lowest BCUT2D eigenvalue weighted by molar-refractivity contribution is 1.07. The Labute approximate surface area is 176 Å². The van der Waals surface area contributed by atoms with E-state index in [0.717, 1.165) is 28.8 Å². The molecule has 0 saturated carbocycles. The molecule has 148 valence electrons. The van der Waals surface area contributed by atoms with Gasteiger partial charge in [-0.05, 0) is 41.8 Å². The Morgan fingerprint density at radius 1 is 0.548 bits per heavy atom. The first-order valence-electron chi connectivity index (χ1n) is 9.80. The van der Waals surface area contributed by atoms with Gasteiger partial charge in [0.05, 0.1) is 12.4 Å². The number of hydrogen-bond donors (Lipinski definition) is 0. The summed E-state index contributed by atoms with van der Waals surface area (Å²) >= 11 is 0. The van der Waals surface area contributed by atoms with Crippen LogP contribution in [0.2, 0.25) is 0 Å². The highest BCUT2D eigenvalue weighted by Crippen LogP contribution is 2.20. The highest BCUT2D eigenvalue weighted by Gasteiger charge is 2.07. The fourth-order valence-corrected chi connectivity index (χ4v) is 3.72. The summed E-state index contributed by atoms with van der Waals surface area (Å²) < 4.78 is 3.99. The Kier molecular flexibility index (Phi) is 3.99. The summed E-state index contributed by atoms with van der Waals surface area (Å²) in [5, 5.41) is 0. The molecule has 0 radical (unpaired) electrons. The molecule has 8 heteroatoms. The van der Waals surface area contributed by atoms with E-state index in [9.17, 15) is 0 Å². The first-order valence-corrected chi connectivity index (χ1v) is 9.80. The van der Waals surface area contributed by atoms with Crippen LogP contribution < -0.4 is 0 Å². The van der Waals surface area contributed by atoms with Crippen LogP contribution in [0.3, 0.4) is 0 Å². The highest BCUT2D eigenvalue weighted by atomic mass is 15.1. The lowest BCUT2D eigenvalue weighted by atomic mass is 10.0. The molecule has 4 aromatic heterocycles. The zero-order chi connectivity index (χ0) is 20.6. The molecule has 6 aromatic rings. The maximum atomic E-state index is 4.33. The van der Waals surface area contributed by atoms with Crippen molar-refractivity contribution in [3.8, 4) is 11.4 Å². The van der Waals surface area contributed by atoms with Crippen molar-refractivity contribution >= 4 is 22.3 Å². The third-order valence-corrected chi connectivity index (χ3v) is 5.29. The monoisotopic (exact) mass is 404 g/mol. The second-order valence-corrected chi connectivity index (χ2v) is 7.20. The third-order valence-electron chi connectivity index (χ3n) is 5.29. The van der Waals surface area contributed by atoms with Gasteiger partial charge in [0.25, 0.3) is 0 Å². The van der Waals surface area contributed by atoms with E-state index in [0.29, 0.717) is 11.3 Å². The fourth-order valence-electron chi connectivity index (χ4n) is 3.72. The van der Waals surface area contributed by atoms with Gasteiger partial charge in [0, 0.05) is 11.4 Å². The quantitative estimate of drug-likeness (QED) is 0.447. The molecule has 0 aliphatic rings. The number of hydrogen-bond acceptors (Lipinski definition) is 6. The normalized spacial score (nSPS) is 11.4. The molecular formula is C23H16N8. The standard InChI is InChI=1S/C23H16N8/c1-5-18(30-14-28-22-20(30)10-24-12-26-22)6-2-16(1)9-17-3-7-19(8-4-17)31-15-29-23-21(31)11-25-13-27-23/h1-8,10-15H,9H2. The molecule has 0 atom stereocenters. The van der Waals surface area contributed by atoms with Gasteiger partial charge in [0.15, 0.2) is 11.3 Å². The molecule has 4 heterocycles. The number of aromatic nitrogens is 8. The molecule has 6 rings (SSSR count). The van der Waals surface area contributed by atoms with Crippen molar-refractivity contribution in [1.29, 1.82) is 0 Å². The van der Waals surface area contributed by atoms with Crippen LogP contribution in [0, 0.1) is 0 Å². The average molecular weight is 404 g/mol. The summed E-state index contributed by atoms with van der Waals surface area (Å²) in [7, 11) is 0. The predicted octanol–water partition coefficient (Wildman–Crippen LogP) is 3.54. The fraction of sp³-hybridized carbons (Fsp3) is 0.0435. The minimum Gasteiger partial charge on any atom is -0.296 e. The Morgan fingerprint density at radius 3 is 1.45 bits per heavy atom. The minimum atomic E-state index is 0.691. The van der Waals surface area contributed by atoms with Crippen LogP contribution in [0.4, 0.5) is 0 Å². The van der Waals surface area contributed by atoms with E-state index in [1.54, 1.807) is 25.0 Å². The molecule has 0 aliphatic carbocycles. The molecule has 2 aromatic carbocycles. The van der Waals surface area contributed by atoms with Gasteiger partial charge in [-0.15, -0.1) is 0 Å². The van der Waals surface area contributed by atoms with E-state index < -0.39 is 0 Å². The van der Waals surface area contributed by atoms with Gasteiger partial charge in [-0.25, -0.2) is 29.9 Å². The second kappa shape index (κ2) is 7.10. The number of nitrogens with zero attached hydrogens (tertiary/aromatic N) is 8. The summed E-state index contributed by atoms with van der Waals surface area (Å²) in [6, 6.07) is 16.9. The molecule has 8 nitrogen and oxygen atoms in total. The SMILES string of the molecule is c1ncc2c(n1)ncn2-c1ccc(Cc2ccc(-n3cnc4ncncc43)cc2)cc1. The van der Waals surface area contributed by atoms with Gasteiger partial charge >= 0.3 is 0 Å². The average Bonchev–Trinajstić information content (AvgIpc) is 3.45. The minimum absolute atomic E-state index is 0.691. The Balaban J connectivity index is 1.23. The maximum Gasteiger partial charge on any atom is 0.181 e. The Hall–Kier alpha value is -4.46. The van der Waals surface area contributed by atoms with Gasteiger partial charge in [-0.1, -0.05) is 24.3 Å². The number of fused-ring (bicyclic) bond motifs is 2. The van der Waals surface area contributed by atoms with E-state index in [2.05, 4.69) is 78.4 Å². The van der Waals surface area contributed by atoms with Crippen LogP contribution in [0.25, 0.3) is 33.7 Å². The third kappa shape index (κ3) is 3.10. The summed E-state index contributed by atoms with van der Waals surface area (Å²) in [5.41, 5.74) is 7.70. The van der Waals surface area contributed by atoms with Gasteiger partial charge in [0.1, 0.15) is 36.3 Å². The lowest BCUT2D eigenvalue weighted by Gasteiger charge is -2.08. The molecule has 0 spiro atoms. The van der Waals surface area contributed by atoms with Crippen LogP contribution in [0.1, 0.15) is 11.1 Å². The van der Waals surface area contributed by atoms with E-state index in [1.807, 2.05) is 9.13 Å². The molecule has 0 bridgehead atoms. The van der Waals surface area contributed by atoms with Crippen molar-refractivity contribution in [2.75, 3.05) is 0 Å². The summed E-state index contributed by atoms with van der Waals surface area (Å²) in [5.74, 6) is 0. The first-order chi connectivity index (χ1) is 15.3. The summed E-state index contributed by atoms with van der Waals surface area (Å²) in [6.07, 6.45) is 11.0. The number of benzene rings is 2. The zero-order valence-corrected chi connectivity index (χ0v) is 16.4. The van der Waals surface area contributed by atoms with Gasteiger partial charge in [-0.2, -0.15) is 0 Å². The number of imidazole rings is 2. The van der Waals surface area contributed by atoms with E-state index in [4.69, 9.17) is 0 Å². The Bertz CT molecular complexity index is 1380. The smallest absolute Gasteiger partial charge is 0.181 e. The van der Waals surface area contributed by atoms with E-state index >= 15 is 0 Å². The van der Waals surface area contributed by atoms with E-state index in [1.165, 1.54) is 23.8 Å². The van der Waals surface area contributed by atoms with Crippen molar-refractivity contribution in [3.05, 3.63) is 97.4 Å². The van der Waals surface area contributed by atoms with Gasteiger partial charge < -0.3 is 0 Å². The molecule has 0 amide bonds. The molecule has 0 N–H and O–H groups in total. The van der Waals surface area contributed by atoms with Crippen LogP contribution >= 0.6 is 0 Å². The molecule has 0 fully saturated rings. The van der Waals surface area contributed by atoms with Crippen molar-refractivity contribution in [2.24, 2.45) is 0 Å². The predicted molar refractivity (Wildman–Crippen MR) is 116 cm³/mol. The van der Waals surface area contributed by atoms with E-state index in [-0.39, 0.29) is 0 Å². The van der Waals surface area contributed by atoms with Crippen LogP contribution in [0.15, 0.2) is 86.2 Å². The zero-order valence-electron chi connectivity index (χ0n) is 16.4. The van der Waals surface area contributed by atoms with Crippen molar-refractivity contribution in [3.63, 3.8) is 0 Å². The molecule has 0 aliphatic heterocycles. The lowest BCUT2D eigenvalue weighted by Crippen LogP contribution is -1.95. The van der Waals surface area contributed by atoms with Crippen molar-refractivity contribution in [2.45, 2.75) is 6.42 Å². The van der Waals surface area contributed by atoms with Gasteiger partial charge in [-0.3, -0.25) is 9.13 Å². The highest BCUT2D eigenvalue weighted by molar-refractivity contribution is 5.72. The molecule has 31 heavy (non-hydrogen) atoms. The van der Waals surface area contributed by atoms with Crippen molar-refractivity contribution in [1.82, 2.24) is 39.0 Å². The van der Waals surface area contributed by atoms with Crippen LogP contribution in [-0.4, -0.2) is 39.0 Å². The van der Waals surface area contributed by atoms with Crippen molar-refractivity contribution < 1.29 is 0 Å². The largest absolute Gasteiger partial charge is 0.296 e. The Morgan fingerprint density at radius 2 is 1.00 bits per heavy atom. The van der Waals surface area contributed by atoms with Crippen LogP contribution in [0.5, 0.6) is 0 Å². The number of rotatable bonds is 4.